The molecule has 2 rings (SSSR count). The molecule has 2 aromatic rings. The summed E-state index contributed by atoms with van der Waals surface area (Å²) in [6.07, 6.45) is -3.49. The first-order valence-electron chi connectivity index (χ1n) is 6.93. The summed E-state index contributed by atoms with van der Waals surface area (Å²) in [6, 6.07) is 5.39. The molecule has 0 spiro atoms. The normalized spacial score (nSPS) is 12.8. The highest BCUT2D eigenvalue weighted by Gasteiger charge is 2.27. The van der Waals surface area contributed by atoms with E-state index in [-0.39, 0.29) is 23.2 Å². The Hall–Kier alpha value is -2.28. The molecular weight excluding hydrogens is 329 g/mol. The van der Waals surface area contributed by atoms with Gasteiger partial charge < -0.3 is 5.11 Å². The molecule has 1 aromatic heterocycles. The van der Waals surface area contributed by atoms with Crippen molar-refractivity contribution < 1.29 is 27.1 Å². The van der Waals surface area contributed by atoms with Crippen molar-refractivity contribution in [2.24, 2.45) is 0 Å². The third kappa shape index (κ3) is 3.62. The summed E-state index contributed by atoms with van der Waals surface area (Å²) < 4.78 is 66.4. The predicted octanol–water partition coefficient (Wildman–Crippen LogP) is 4.83. The van der Waals surface area contributed by atoms with Gasteiger partial charge in [0.2, 0.25) is 0 Å². The van der Waals surface area contributed by atoms with Crippen LogP contribution in [0.25, 0.3) is 16.8 Å². The molecule has 0 fully saturated rings. The topological polar surface area (TPSA) is 33.1 Å². The van der Waals surface area contributed by atoms with Crippen molar-refractivity contribution in [3.8, 4) is 11.3 Å². The minimum Gasteiger partial charge on any atom is -0.386 e. The average Bonchev–Trinajstić information content (AvgIpc) is 2.48. The van der Waals surface area contributed by atoms with Gasteiger partial charge in [0, 0.05) is 11.1 Å². The minimum atomic E-state index is -3.18. The molecule has 1 N–H and O–H groups in total. The Kier molecular flexibility index (Phi) is 5.03. The van der Waals surface area contributed by atoms with E-state index in [0.29, 0.717) is 0 Å². The van der Waals surface area contributed by atoms with Gasteiger partial charge in [-0.1, -0.05) is 0 Å². The molecule has 0 bridgehead atoms. The lowest BCUT2D eigenvalue weighted by atomic mass is 9.94. The Labute approximate surface area is 135 Å². The quantitative estimate of drug-likeness (QED) is 0.807. The van der Waals surface area contributed by atoms with Gasteiger partial charge in [0.15, 0.2) is 5.82 Å². The number of aliphatic hydroxyl groups is 1. The van der Waals surface area contributed by atoms with Crippen LogP contribution in [0.2, 0.25) is 0 Å². The van der Waals surface area contributed by atoms with Crippen LogP contribution >= 0.6 is 0 Å². The lowest BCUT2D eigenvalue weighted by Crippen LogP contribution is -2.19. The Balaban J connectivity index is 2.76. The van der Waals surface area contributed by atoms with Gasteiger partial charge in [0.05, 0.1) is 23.2 Å². The molecule has 0 radical (unpaired) electrons. The van der Waals surface area contributed by atoms with E-state index in [4.69, 9.17) is 0 Å². The van der Waals surface area contributed by atoms with E-state index in [0.717, 1.165) is 18.2 Å². The van der Waals surface area contributed by atoms with Crippen LogP contribution in [0.5, 0.6) is 0 Å². The largest absolute Gasteiger partial charge is 0.386 e. The zero-order chi connectivity index (χ0) is 18.1. The summed E-state index contributed by atoms with van der Waals surface area (Å²) in [4.78, 5) is 3.74. The number of nitrogens with zero attached hydrogens (tertiary/aromatic N) is 1. The van der Waals surface area contributed by atoms with Gasteiger partial charge in [-0.25, -0.2) is 26.9 Å². The van der Waals surface area contributed by atoms with Gasteiger partial charge in [-0.15, -0.1) is 0 Å². The average molecular weight is 343 g/mol. The molecule has 24 heavy (non-hydrogen) atoms. The van der Waals surface area contributed by atoms with E-state index in [1.165, 1.54) is 26.0 Å². The molecule has 0 aliphatic rings. The fourth-order valence-electron chi connectivity index (χ4n) is 2.14. The second-order valence-electron chi connectivity index (χ2n) is 5.65. The molecule has 0 amide bonds. The van der Waals surface area contributed by atoms with E-state index in [1.807, 2.05) is 0 Å². The van der Waals surface area contributed by atoms with Gasteiger partial charge in [-0.3, -0.25) is 0 Å². The van der Waals surface area contributed by atoms with Crippen LogP contribution in [0.3, 0.4) is 0 Å². The number of hydrogen-bond donors (Lipinski definition) is 1. The summed E-state index contributed by atoms with van der Waals surface area (Å²) in [5, 5.41) is 10.1. The Bertz CT molecular complexity index is 764. The van der Waals surface area contributed by atoms with Crippen molar-refractivity contribution in [2.75, 3.05) is 0 Å². The first-order chi connectivity index (χ1) is 11.1. The van der Waals surface area contributed by atoms with Crippen LogP contribution in [0.4, 0.5) is 22.0 Å². The number of alkyl halides is 2. The van der Waals surface area contributed by atoms with Crippen LogP contribution in [0, 0.1) is 11.6 Å². The standard InChI is InChI=1S/C17H14F5NO/c1-17(2,24)12-7-13(11(8-18)16(21)22)23-15(14(12)20)9-3-5-10(19)6-4-9/h3-8,16,24H,1-2H3. The molecule has 0 saturated carbocycles. The first kappa shape index (κ1) is 18.1. The summed E-state index contributed by atoms with van der Waals surface area (Å²) >= 11 is 0. The molecular formula is C17H14F5NO. The van der Waals surface area contributed by atoms with E-state index < -0.39 is 34.9 Å². The first-order valence-corrected chi connectivity index (χ1v) is 6.93. The molecule has 2 nitrogen and oxygen atoms in total. The molecule has 128 valence electrons. The van der Waals surface area contributed by atoms with Crippen LogP contribution in [0.1, 0.15) is 25.1 Å². The summed E-state index contributed by atoms with van der Waals surface area (Å²) in [6.45, 7) is 2.51. The van der Waals surface area contributed by atoms with Gasteiger partial charge in [0.1, 0.15) is 11.5 Å². The molecule has 0 aliphatic carbocycles. The van der Waals surface area contributed by atoms with Crippen LogP contribution in [-0.2, 0) is 5.60 Å². The lowest BCUT2D eigenvalue weighted by molar-refractivity contribution is 0.0744. The number of benzene rings is 1. The highest BCUT2D eigenvalue weighted by molar-refractivity contribution is 5.69. The molecule has 1 heterocycles. The summed E-state index contributed by atoms with van der Waals surface area (Å²) in [7, 11) is 0. The number of aromatic nitrogens is 1. The van der Waals surface area contributed by atoms with E-state index in [2.05, 4.69) is 4.98 Å². The zero-order valence-corrected chi connectivity index (χ0v) is 12.8. The van der Waals surface area contributed by atoms with E-state index in [1.54, 1.807) is 0 Å². The van der Waals surface area contributed by atoms with Crippen molar-refractivity contribution in [1.82, 2.24) is 4.98 Å². The third-order valence-corrected chi connectivity index (χ3v) is 3.38. The van der Waals surface area contributed by atoms with Crippen molar-refractivity contribution >= 4 is 5.57 Å². The van der Waals surface area contributed by atoms with Crippen molar-refractivity contribution in [3.05, 3.63) is 59.6 Å². The maximum Gasteiger partial charge on any atom is 0.268 e. The Morgan fingerprint density at radius 2 is 1.75 bits per heavy atom. The van der Waals surface area contributed by atoms with Crippen LogP contribution in [-0.4, -0.2) is 16.5 Å². The monoisotopic (exact) mass is 343 g/mol. The van der Waals surface area contributed by atoms with E-state index in [9.17, 15) is 27.1 Å². The number of pyridine rings is 1. The third-order valence-electron chi connectivity index (χ3n) is 3.38. The SMILES string of the molecule is CC(C)(O)c1cc(C(=CF)C(F)F)nc(-c2ccc(F)cc2)c1F. The van der Waals surface area contributed by atoms with Gasteiger partial charge in [-0.2, -0.15) is 0 Å². The van der Waals surface area contributed by atoms with Crippen molar-refractivity contribution in [3.63, 3.8) is 0 Å². The number of rotatable bonds is 4. The summed E-state index contributed by atoms with van der Waals surface area (Å²) in [5.74, 6) is -1.53. The van der Waals surface area contributed by atoms with Crippen molar-refractivity contribution in [1.29, 1.82) is 0 Å². The highest BCUT2D eigenvalue weighted by Crippen LogP contribution is 2.33. The second-order valence-corrected chi connectivity index (χ2v) is 5.65. The van der Waals surface area contributed by atoms with Crippen LogP contribution in [0.15, 0.2) is 36.7 Å². The van der Waals surface area contributed by atoms with E-state index >= 15 is 0 Å². The maximum atomic E-state index is 14.7. The molecule has 1 aromatic carbocycles. The van der Waals surface area contributed by atoms with Crippen molar-refractivity contribution in [2.45, 2.75) is 25.9 Å². The molecule has 0 saturated heterocycles. The van der Waals surface area contributed by atoms with Gasteiger partial charge >= 0.3 is 0 Å². The zero-order valence-electron chi connectivity index (χ0n) is 12.8. The molecule has 0 unspecified atom stereocenters. The minimum absolute atomic E-state index is 0.105. The molecule has 0 aliphatic heterocycles. The summed E-state index contributed by atoms with van der Waals surface area (Å²) in [5.41, 5.74) is -3.88. The Morgan fingerprint density at radius 3 is 2.21 bits per heavy atom. The Morgan fingerprint density at radius 1 is 1.17 bits per heavy atom. The molecule has 7 heteroatoms. The van der Waals surface area contributed by atoms with Crippen LogP contribution < -0.4 is 0 Å². The highest BCUT2D eigenvalue weighted by atomic mass is 19.3. The maximum absolute atomic E-state index is 14.7. The smallest absolute Gasteiger partial charge is 0.268 e. The lowest BCUT2D eigenvalue weighted by Gasteiger charge is -2.21. The predicted molar refractivity (Wildman–Crippen MR) is 79.9 cm³/mol. The molecule has 0 atom stereocenters. The van der Waals surface area contributed by atoms with Gasteiger partial charge in [-0.05, 0) is 44.2 Å². The fourth-order valence-corrected chi connectivity index (χ4v) is 2.14. The number of halogens is 5. The fraction of sp³-hybridized carbons (Fsp3) is 0.235. The number of allylic oxidation sites excluding steroid dienone is 1. The number of hydrogen-bond acceptors (Lipinski definition) is 2. The van der Waals surface area contributed by atoms with Gasteiger partial charge in [0.25, 0.3) is 6.43 Å². The second kappa shape index (κ2) is 6.68.